The summed E-state index contributed by atoms with van der Waals surface area (Å²) in [6, 6.07) is 3.91. The van der Waals surface area contributed by atoms with Gasteiger partial charge < -0.3 is 14.2 Å². The Balaban J connectivity index is 1.91. The molecular weight excluding hydrogens is 292 g/mol. The van der Waals surface area contributed by atoms with E-state index in [1.807, 2.05) is 0 Å². The summed E-state index contributed by atoms with van der Waals surface area (Å²) in [4.78, 5) is 45.5. The first kappa shape index (κ1) is 15.4. The van der Waals surface area contributed by atoms with Crippen molar-refractivity contribution in [3.63, 3.8) is 0 Å². The fourth-order valence-corrected chi connectivity index (χ4v) is 1.76. The van der Waals surface area contributed by atoms with Gasteiger partial charge in [-0.15, -0.1) is 0 Å². The zero-order valence-electron chi connectivity index (χ0n) is 11.7. The van der Waals surface area contributed by atoms with Gasteiger partial charge in [-0.1, -0.05) is 6.08 Å². The number of benzene rings is 1. The van der Waals surface area contributed by atoms with Gasteiger partial charge in [0.1, 0.15) is 13.2 Å². The highest BCUT2D eigenvalue weighted by Crippen LogP contribution is 2.21. The molecule has 0 unspecified atom stereocenters. The number of ether oxygens (including phenoxy) is 3. The van der Waals surface area contributed by atoms with E-state index in [2.05, 4.69) is 4.74 Å². The van der Waals surface area contributed by atoms with E-state index in [1.165, 1.54) is 30.4 Å². The van der Waals surface area contributed by atoms with Crippen LogP contribution in [0.25, 0.3) is 0 Å². The fourth-order valence-electron chi connectivity index (χ4n) is 1.76. The first-order valence-electron chi connectivity index (χ1n) is 6.40. The number of hydrogen-bond acceptors (Lipinski definition) is 7. The molecule has 0 bridgehead atoms. The molecule has 114 valence electrons. The minimum absolute atomic E-state index is 0.0268. The lowest BCUT2D eigenvalue weighted by molar-refractivity contribution is -0.138. The van der Waals surface area contributed by atoms with Crippen LogP contribution in [0.5, 0.6) is 0 Å². The first-order valence-corrected chi connectivity index (χ1v) is 6.40. The van der Waals surface area contributed by atoms with E-state index in [0.717, 1.165) is 0 Å². The first-order chi connectivity index (χ1) is 10.5. The van der Waals surface area contributed by atoms with Crippen LogP contribution in [0, 0.1) is 0 Å². The van der Waals surface area contributed by atoms with E-state index >= 15 is 0 Å². The number of cyclic esters (lactones) is 2. The van der Waals surface area contributed by atoms with Crippen molar-refractivity contribution in [2.45, 2.75) is 6.92 Å². The molecule has 1 aromatic rings. The molecule has 2 rings (SSSR count). The lowest BCUT2D eigenvalue weighted by atomic mass is 10.1. The van der Waals surface area contributed by atoms with Crippen LogP contribution in [0.1, 0.15) is 38.0 Å². The van der Waals surface area contributed by atoms with Gasteiger partial charge in [-0.25, -0.2) is 19.2 Å². The van der Waals surface area contributed by atoms with Gasteiger partial charge in [0.05, 0.1) is 16.7 Å². The van der Waals surface area contributed by atoms with Crippen LogP contribution in [-0.2, 0) is 19.0 Å². The highest BCUT2D eigenvalue weighted by molar-refractivity contribution is 6.15. The number of allylic oxidation sites excluding steroid dienone is 1. The van der Waals surface area contributed by atoms with E-state index in [4.69, 9.17) is 9.47 Å². The Labute approximate surface area is 125 Å². The number of carbonyl (C=O) groups is 4. The van der Waals surface area contributed by atoms with Crippen molar-refractivity contribution in [3.8, 4) is 0 Å². The monoisotopic (exact) mass is 304 g/mol. The summed E-state index contributed by atoms with van der Waals surface area (Å²) < 4.78 is 14.1. The number of esters is 4. The molecule has 0 N–H and O–H groups in total. The van der Waals surface area contributed by atoms with Gasteiger partial charge in [0.2, 0.25) is 0 Å². The molecule has 1 aliphatic heterocycles. The summed E-state index contributed by atoms with van der Waals surface area (Å²) >= 11 is 0. The Morgan fingerprint density at radius 2 is 1.77 bits per heavy atom. The molecule has 0 aliphatic carbocycles. The molecule has 0 atom stereocenters. The molecule has 1 aromatic carbocycles. The van der Waals surface area contributed by atoms with Crippen molar-refractivity contribution in [3.05, 3.63) is 47.0 Å². The third-order valence-corrected chi connectivity index (χ3v) is 2.74. The average molecular weight is 304 g/mol. The SMILES string of the molecule is CC=CC(=O)OCCOC(=O)c1ccc2c(c1)C(=O)OC2=O. The molecular formula is C15H12O7. The minimum Gasteiger partial charge on any atom is -0.459 e. The highest BCUT2D eigenvalue weighted by Gasteiger charge is 2.30. The molecule has 0 radical (unpaired) electrons. The summed E-state index contributed by atoms with van der Waals surface area (Å²) in [6.45, 7) is 1.47. The maximum absolute atomic E-state index is 11.8. The quantitative estimate of drug-likeness (QED) is 0.266. The van der Waals surface area contributed by atoms with Gasteiger partial charge >= 0.3 is 23.9 Å². The highest BCUT2D eigenvalue weighted by atomic mass is 16.6. The third-order valence-electron chi connectivity index (χ3n) is 2.74. The molecule has 1 heterocycles. The molecule has 0 spiro atoms. The largest absolute Gasteiger partial charge is 0.459 e. The Morgan fingerprint density at radius 3 is 2.50 bits per heavy atom. The van der Waals surface area contributed by atoms with Gasteiger partial charge in [-0.3, -0.25) is 0 Å². The van der Waals surface area contributed by atoms with Crippen LogP contribution in [0.2, 0.25) is 0 Å². The molecule has 0 saturated heterocycles. The van der Waals surface area contributed by atoms with Crippen molar-refractivity contribution in [1.29, 1.82) is 0 Å². The summed E-state index contributed by atoms with van der Waals surface area (Å²) in [7, 11) is 0. The van der Waals surface area contributed by atoms with E-state index in [-0.39, 0.29) is 29.9 Å². The standard InChI is InChI=1S/C15H12O7/c1-2-3-12(16)20-6-7-21-13(17)9-4-5-10-11(8-9)15(19)22-14(10)18/h2-5,8H,6-7H2,1H3. The summed E-state index contributed by atoms with van der Waals surface area (Å²) in [5, 5.41) is 0. The second kappa shape index (κ2) is 6.66. The fraction of sp³-hybridized carbons (Fsp3) is 0.200. The lowest BCUT2D eigenvalue weighted by Gasteiger charge is -2.05. The van der Waals surface area contributed by atoms with Crippen LogP contribution in [0.3, 0.4) is 0 Å². The number of rotatable bonds is 5. The minimum atomic E-state index is -0.796. The number of carbonyl (C=O) groups excluding carboxylic acids is 4. The number of fused-ring (bicyclic) bond motifs is 1. The summed E-state index contributed by atoms with van der Waals surface area (Å²) in [5.41, 5.74) is 0.242. The van der Waals surface area contributed by atoms with Gasteiger partial charge in [0.15, 0.2) is 0 Å². The Bertz CT molecular complexity index is 672. The van der Waals surface area contributed by atoms with Gasteiger partial charge in [-0.05, 0) is 25.1 Å². The Kier molecular flexibility index (Phi) is 4.67. The molecule has 22 heavy (non-hydrogen) atoms. The van der Waals surface area contributed by atoms with Gasteiger partial charge in [0.25, 0.3) is 0 Å². The van der Waals surface area contributed by atoms with E-state index in [9.17, 15) is 19.2 Å². The average Bonchev–Trinajstić information content (AvgIpc) is 2.78. The van der Waals surface area contributed by atoms with Gasteiger partial charge in [-0.2, -0.15) is 0 Å². The van der Waals surface area contributed by atoms with Crippen LogP contribution < -0.4 is 0 Å². The topological polar surface area (TPSA) is 96.0 Å². The van der Waals surface area contributed by atoms with Crippen molar-refractivity contribution in [2.24, 2.45) is 0 Å². The van der Waals surface area contributed by atoms with E-state index < -0.39 is 23.9 Å². The zero-order valence-corrected chi connectivity index (χ0v) is 11.7. The molecule has 0 fully saturated rings. The van der Waals surface area contributed by atoms with E-state index in [1.54, 1.807) is 6.92 Å². The van der Waals surface area contributed by atoms with Crippen molar-refractivity contribution >= 4 is 23.9 Å². The smallest absolute Gasteiger partial charge is 0.346 e. The predicted octanol–water partition coefficient (Wildman–Crippen LogP) is 1.27. The summed E-state index contributed by atoms with van der Waals surface area (Å²) in [6.07, 6.45) is 2.77. The Hall–Kier alpha value is -2.96. The van der Waals surface area contributed by atoms with Crippen LogP contribution in [-0.4, -0.2) is 37.1 Å². The van der Waals surface area contributed by atoms with Crippen molar-refractivity contribution in [2.75, 3.05) is 13.2 Å². The zero-order chi connectivity index (χ0) is 16.1. The second-order valence-corrected chi connectivity index (χ2v) is 4.24. The lowest BCUT2D eigenvalue weighted by Crippen LogP contribution is -2.13. The van der Waals surface area contributed by atoms with E-state index in [0.29, 0.717) is 0 Å². The summed E-state index contributed by atoms with van der Waals surface area (Å²) in [5.74, 6) is -2.76. The van der Waals surface area contributed by atoms with Crippen LogP contribution in [0.4, 0.5) is 0 Å². The maximum atomic E-state index is 11.8. The second-order valence-electron chi connectivity index (χ2n) is 4.24. The van der Waals surface area contributed by atoms with Crippen molar-refractivity contribution < 1.29 is 33.4 Å². The Morgan fingerprint density at radius 1 is 1.09 bits per heavy atom. The number of hydrogen-bond donors (Lipinski definition) is 0. The molecule has 0 aromatic heterocycles. The van der Waals surface area contributed by atoms with Crippen LogP contribution in [0.15, 0.2) is 30.4 Å². The third kappa shape index (κ3) is 3.38. The molecule has 7 heteroatoms. The van der Waals surface area contributed by atoms with Gasteiger partial charge in [0, 0.05) is 6.08 Å². The molecule has 0 amide bonds. The molecule has 7 nitrogen and oxygen atoms in total. The predicted molar refractivity (Wildman–Crippen MR) is 72.2 cm³/mol. The molecule has 1 aliphatic rings. The van der Waals surface area contributed by atoms with Crippen molar-refractivity contribution in [1.82, 2.24) is 0 Å². The maximum Gasteiger partial charge on any atom is 0.346 e. The molecule has 0 saturated carbocycles. The normalized spacial score (nSPS) is 13.0. The van der Waals surface area contributed by atoms with Crippen LogP contribution >= 0.6 is 0 Å².